The van der Waals surface area contributed by atoms with E-state index in [-0.39, 0.29) is 11.3 Å². The number of carbonyl (C=O) groups excluding carboxylic acids is 1. The van der Waals surface area contributed by atoms with Gasteiger partial charge in [0.1, 0.15) is 23.0 Å². The van der Waals surface area contributed by atoms with Gasteiger partial charge < -0.3 is 9.52 Å². The molecule has 1 unspecified atom stereocenters. The molecule has 1 N–H and O–H groups in total. The van der Waals surface area contributed by atoms with Crippen LogP contribution in [0.4, 0.5) is 0 Å². The summed E-state index contributed by atoms with van der Waals surface area (Å²) < 4.78 is 5.80. The highest BCUT2D eigenvalue weighted by Crippen LogP contribution is 2.26. The Balaban J connectivity index is 2.41. The molecule has 0 saturated heterocycles. The van der Waals surface area contributed by atoms with Crippen LogP contribution in [0.1, 0.15) is 17.3 Å². The number of hydrogen-bond donors (Lipinski definition) is 1. The third-order valence-electron chi connectivity index (χ3n) is 3.46. The van der Waals surface area contributed by atoms with Crippen molar-refractivity contribution in [1.82, 2.24) is 0 Å². The van der Waals surface area contributed by atoms with E-state index >= 15 is 0 Å². The normalized spacial score (nSPS) is 12.3. The van der Waals surface area contributed by atoms with E-state index in [4.69, 9.17) is 4.42 Å². The van der Waals surface area contributed by atoms with Crippen molar-refractivity contribution in [2.75, 3.05) is 0 Å². The minimum absolute atomic E-state index is 0.111. The van der Waals surface area contributed by atoms with Gasteiger partial charge in [-0.2, -0.15) is 0 Å². The van der Waals surface area contributed by atoms with E-state index in [1.165, 1.54) is 6.92 Å². The van der Waals surface area contributed by atoms with Crippen LogP contribution in [-0.4, -0.2) is 17.0 Å². The van der Waals surface area contributed by atoms with E-state index in [1.807, 2.05) is 6.07 Å². The van der Waals surface area contributed by atoms with Gasteiger partial charge in [0.15, 0.2) is 5.78 Å². The number of ketones is 1. The standard InChI is InChI=1S/C18H14O4/c1-11(19)16(20)15-17(21)13-9-5-6-10-14(13)22-18(15)12-7-3-2-4-8-12/h2-11,19H,1H3. The van der Waals surface area contributed by atoms with Crippen molar-refractivity contribution in [3.05, 3.63) is 70.4 Å². The highest BCUT2D eigenvalue weighted by Gasteiger charge is 2.24. The van der Waals surface area contributed by atoms with Crippen LogP contribution in [0.5, 0.6) is 0 Å². The second kappa shape index (κ2) is 5.58. The van der Waals surface area contributed by atoms with Gasteiger partial charge in [-0.3, -0.25) is 9.59 Å². The van der Waals surface area contributed by atoms with Crippen molar-refractivity contribution >= 4 is 16.8 Å². The van der Waals surface area contributed by atoms with Crippen molar-refractivity contribution in [1.29, 1.82) is 0 Å². The molecule has 0 fully saturated rings. The van der Waals surface area contributed by atoms with Crippen molar-refractivity contribution in [2.24, 2.45) is 0 Å². The first-order valence-corrected chi connectivity index (χ1v) is 6.93. The molecule has 0 saturated carbocycles. The van der Waals surface area contributed by atoms with Crippen molar-refractivity contribution in [3.8, 4) is 11.3 Å². The van der Waals surface area contributed by atoms with Crippen LogP contribution >= 0.6 is 0 Å². The molecule has 0 bridgehead atoms. The molecule has 1 atom stereocenters. The number of fused-ring (bicyclic) bond motifs is 1. The molecule has 3 rings (SSSR count). The molecule has 1 aromatic heterocycles. The lowest BCUT2D eigenvalue weighted by molar-refractivity contribution is 0.0777. The molecule has 1 heterocycles. The molecule has 0 spiro atoms. The lowest BCUT2D eigenvalue weighted by Crippen LogP contribution is -2.25. The third-order valence-corrected chi connectivity index (χ3v) is 3.46. The molecular weight excluding hydrogens is 280 g/mol. The zero-order valence-electron chi connectivity index (χ0n) is 11.9. The van der Waals surface area contributed by atoms with Gasteiger partial charge in [0, 0.05) is 5.56 Å². The Hall–Kier alpha value is -2.72. The number of benzene rings is 2. The van der Waals surface area contributed by atoms with Gasteiger partial charge in [-0.05, 0) is 19.1 Å². The number of aliphatic hydroxyl groups is 1. The molecule has 0 aliphatic heterocycles. The van der Waals surface area contributed by atoms with Crippen molar-refractivity contribution < 1.29 is 14.3 Å². The summed E-state index contributed by atoms with van der Waals surface area (Å²) in [4.78, 5) is 25.0. The Morgan fingerprint density at radius 1 is 1.05 bits per heavy atom. The zero-order chi connectivity index (χ0) is 15.7. The molecule has 0 amide bonds. The van der Waals surface area contributed by atoms with Gasteiger partial charge in [-0.15, -0.1) is 0 Å². The number of aliphatic hydroxyl groups excluding tert-OH is 1. The molecule has 0 aliphatic carbocycles. The molecule has 3 aromatic rings. The summed E-state index contributed by atoms with van der Waals surface area (Å²) in [5, 5.41) is 9.94. The van der Waals surface area contributed by atoms with Crippen LogP contribution in [0.2, 0.25) is 0 Å². The Morgan fingerprint density at radius 3 is 2.36 bits per heavy atom. The fraction of sp³-hybridized carbons (Fsp3) is 0.111. The number of Topliss-reactive ketones (excluding diaryl/α,β-unsaturated/α-hetero) is 1. The largest absolute Gasteiger partial charge is 0.455 e. The minimum atomic E-state index is -1.27. The lowest BCUT2D eigenvalue weighted by Gasteiger charge is -2.10. The van der Waals surface area contributed by atoms with Crippen LogP contribution in [0.25, 0.3) is 22.3 Å². The van der Waals surface area contributed by atoms with Gasteiger partial charge in [-0.25, -0.2) is 0 Å². The summed E-state index contributed by atoms with van der Waals surface area (Å²) in [6, 6.07) is 15.7. The summed E-state index contributed by atoms with van der Waals surface area (Å²) in [5.74, 6) is -0.450. The number of carbonyl (C=O) groups is 1. The predicted octanol–water partition coefficient (Wildman–Crippen LogP) is 3.02. The van der Waals surface area contributed by atoms with Crippen LogP contribution in [0.3, 0.4) is 0 Å². The summed E-state index contributed by atoms with van der Waals surface area (Å²) in [7, 11) is 0. The maximum absolute atomic E-state index is 12.7. The minimum Gasteiger partial charge on any atom is -0.455 e. The maximum Gasteiger partial charge on any atom is 0.204 e. The van der Waals surface area contributed by atoms with Gasteiger partial charge >= 0.3 is 0 Å². The second-order valence-corrected chi connectivity index (χ2v) is 5.04. The van der Waals surface area contributed by atoms with Crippen LogP contribution in [-0.2, 0) is 0 Å². The van der Waals surface area contributed by atoms with E-state index in [2.05, 4.69) is 0 Å². The summed E-state index contributed by atoms with van der Waals surface area (Å²) >= 11 is 0. The Morgan fingerprint density at radius 2 is 1.68 bits per heavy atom. The highest BCUT2D eigenvalue weighted by atomic mass is 16.3. The van der Waals surface area contributed by atoms with E-state index in [1.54, 1.807) is 48.5 Å². The Bertz CT molecular complexity index is 892. The molecule has 110 valence electrons. The van der Waals surface area contributed by atoms with Crippen molar-refractivity contribution in [2.45, 2.75) is 13.0 Å². The second-order valence-electron chi connectivity index (χ2n) is 5.04. The van der Waals surface area contributed by atoms with Gasteiger partial charge in [-0.1, -0.05) is 42.5 Å². The van der Waals surface area contributed by atoms with Crippen LogP contribution in [0.15, 0.2) is 63.8 Å². The average molecular weight is 294 g/mol. The monoisotopic (exact) mass is 294 g/mol. The quantitative estimate of drug-likeness (QED) is 0.754. The molecular formula is C18H14O4. The summed E-state index contributed by atoms with van der Waals surface area (Å²) in [6.45, 7) is 1.34. The van der Waals surface area contributed by atoms with Crippen LogP contribution < -0.4 is 5.43 Å². The Labute approximate surface area is 126 Å². The first kappa shape index (κ1) is 14.2. The lowest BCUT2D eigenvalue weighted by atomic mass is 9.99. The summed E-state index contributed by atoms with van der Waals surface area (Å²) in [6.07, 6.45) is -1.27. The van der Waals surface area contributed by atoms with E-state index in [0.29, 0.717) is 16.5 Å². The molecule has 4 nitrogen and oxygen atoms in total. The third kappa shape index (κ3) is 2.34. The molecule has 0 radical (unpaired) electrons. The van der Waals surface area contributed by atoms with Gasteiger partial charge in [0.05, 0.1) is 5.39 Å². The number of hydrogen-bond acceptors (Lipinski definition) is 4. The maximum atomic E-state index is 12.7. The summed E-state index contributed by atoms with van der Waals surface area (Å²) in [5.41, 5.74) is 0.495. The predicted molar refractivity (Wildman–Crippen MR) is 83.9 cm³/mol. The number of rotatable bonds is 3. The Kier molecular flexibility index (Phi) is 3.61. The zero-order valence-corrected chi connectivity index (χ0v) is 11.9. The first-order valence-electron chi connectivity index (χ1n) is 6.93. The smallest absolute Gasteiger partial charge is 0.204 e. The van der Waals surface area contributed by atoms with E-state index in [9.17, 15) is 14.7 Å². The van der Waals surface area contributed by atoms with E-state index < -0.39 is 17.3 Å². The SMILES string of the molecule is CC(O)C(=O)c1c(-c2ccccc2)oc2ccccc2c1=O. The van der Waals surface area contributed by atoms with Crippen molar-refractivity contribution in [3.63, 3.8) is 0 Å². The topological polar surface area (TPSA) is 67.5 Å². The fourth-order valence-electron chi connectivity index (χ4n) is 2.37. The first-order chi connectivity index (χ1) is 10.6. The highest BCUT2D eigenvalue weighted by molar-refractivity contribution is 6.05. The molecule has 4 heteroatoms. The fourth-order valence-corrected chi connectivity index (χ4v) is 2.37. The number of para-hydroxylation sites is 1. The molecule has 2 aromatic carbocycles. The molecule has 22 heavy (non-hydrogen) atoms. The van der Waals surface area contributed by atoms with E-state index in [0.717, 1.165) is 0 Å². The van der Waals surface area contributed by atoms with Gasteiger partial charge in [0.25, 0.3) is 0 Å². The van der Waals surface area contributed by atoms with Gasteiger partial charge in [0.2, 0.25) is 5.43 Å². The average Bonchev–Trinajstić information content (AvgIpc) is 2.55. The molecule has 0 aliphatic rings. The van der Waals surface area contributed by atoms with Crippen LogP contribution in [0, 0.1) is 0 Å².